The lowest BCUT2D eigenvalue weighted by atomic mass is 9.99. The maximum absolute atomic E-state index is 11.7. The van der Waals surface area contributed by atoms with Crippen LogP contribution in [0.2, 0.25) is 0 Å². The van der Waals surface area contributed by atoms with Gasteiger partial charge in [0.15, 0.2) is 5.13 Å². The number of thiol groups is 1. The lowest BCUT2D eigenvalue weighted by Crippen LogP contribution is -2.18. The molecule has 1 aromatic carbocycles. The highest BCUT2D eigenvalue weighted by molar-refractivity contribution is 7.80. The van der Waals surface area contributed by atoms with Gasteiger partial charge in [0.25, 0.3) is 0 Å². The van der Waals surface area contributed by atoms with Gasteiger partial charge in [-0.3, -0.25) is 9.59 Å². The number of nitrogens with zero attached hydrogens (tertiary/aromatic N) is 1. The van der Waals surface area contributed by atoms with Crippen molar-refractivity contribution in [3.05, 3.63) is 28.6 Å². The fourth-order valence-corrected chi connectivity index (χ4v) is 3.59. The van der Waals surface area contributed by atoms with E-state index in [0.29, 0.717) is 23.7 Å². The minimum Gasteiger partial charge on any atom is -0.326 e. The van der Waals surface area contributed by atoms with Crippen LogP contribution < -0.4 is 10.6 Å². The average molecular weight is 347 g/mol. The maximum Gasteiger partial charge on any atom is 0.226 e. The monoisotopic (exact) mass is 347 g/mol. The first-order valence-electron chi connectivity index (χ1n) is 7.38. The zero-order valence-electron chi connectivity index (χ0n) is 12.7. The molecule has 23 heavy (non-hydrogen) atoms. The number of fused-ring (bicyclic) bond motifs is 1. The summed E-state index contributed by atoms with van der Waals surface area (Å²) in [6.45, 7) is 1.99. The molecule has 0 radical (unpaired) electrons. The van der Waals surface area contributed by atoms with E-state index in [0.717, 1.165) is 33.8 Å². The van der Waals surface area contributed by atoms with Gasteiger partial charge in [-0.2, -0.15) is 12.6 Å². The number of aryl methyl sites for hydroxylation is 2. The van der Waals surface area contributed by atoms with Crippen molar-refractivity contribution in [2.75, 3.05) is 16.4 Å². The molecule has 0 atom stereocenters. The third-order valence-corrected chi connectivity index (χ3v) is 4.77. The summed E-state index contributed by atoms with van der Waals surface area (Å²) in [5.74, 6) is 0.497. The van der Waals surface area contributed by atoms with Crippen LogP contribution in [0.1, 0.15) is 23.3 Å². The maximum atomic E-state index is 11.7. The topological polar surface area (TPSA) is 71.1 Å². The lowest BCUT2D eigenvalue weighted by molar-refractivity contribution is -0.117. The first-order valence-corrected chi connectivity index (χ1v) is 8.83. The van der Waals surface area contributed by atoms with Crippen LogP contribution in [0, 0.1) is 6.92 Å². The Balaban J connectivity index is 1.86. The number of hydrogen-bond acceptors (Lipinski definition) is 5. The molecular weight excluding hydrogens is 330 g/mol. The normalized spacial score (nSPS) is 13.4. The molecule has 120 valence electrons. The van der Waals surface area contributed by atoms with Crippen molar-refractivity contribution >= 4 is 46.6 Å². The largest absolute Gasteiger partial charge is 0.326 e. The summed E-state index contributed by atoms with van der Waals surface area (Å²) in [6, 6.07) is 5.93. The third-order valence-electron chi connectivity index (χ3n) is 3.66. The predicted molar refractivity (Wildman–Crippen MR) is 96.3 cm³/mol. The Hall–Kier alpha value is -1.86. The van der Waals surface area contributed by atoms with Gasteiger partial charge in [-0.05, 0) is 36.8 Å². The van der Waals surface area contributed by atoms with Gasteiger partial charge in [-0.25, -0.2) is 4.98 Å². The molecule has 2 amide bonds. The molecule has 0 saturated heterocycles. The quantitative estimate of drug-likeness (QED) is 0.744. The van der Waals surface area contributed by atoms with Crippen molar-refractivity contribution in [1.82, 2.24) is 4.98 Å². The summed E-state index contributed by atoms with van der Waals surface area (Å²) in [6.07, 6.45) is 1.62. The first kappa shape index (κ1) is 16.0. The van der Waals surface area contributed by atoms with Crippen LogP contribution in [0.5, 0.6) is 0 Å². The van der Waals surface area contributed by atoms with E-state index in [4.69, 9.17) is 0 Å². The van der Waals surface area contributed by atoms with E-state index < -0.39 is 0 Å². The number of anilines is 2. The van der Waals surface area contributed by atoms with Crippen molar-refractivity contribution in [3.8, 4) is 11.3 Å². The fraction of sp³-hybridized carbons (Fsp3) is 0.312. The molecule has 5 nitrogen and oxygen atoms in total. The Bertz CT molecular complexity index is 771. The molecule has 2 N–H and O–H groups in total. The number of thiazole rings is 1. The zero-order chi connectivity index (χ0) is 16.4. The predicted octanol–water partition coefficient (Wildman–Crippen LogP) is 3.26. The number of amides is 2. The second-order valence-electron chi connectivity index (χ2n) is 5.37. The molecule has 1 aliphatic rings. The number of hydrogen-bond donors (Lipinski definition) is 3. The number of rotatable bonds is 4. The van der Waals surface area contributed by atoms with Crippen molar-refractivity contribution < 1.29 is 9.59 Å². The average Bonchev–Trinajstić information content (AvgIpc) is 2.87. The van der Waals surface area contributed by atoms with Gasteiger partial charge < -0.3 is 10.6 Å². The minimum atomic E-state index is -0.0755. The number of carbonyl (C=O) groups excluding carboxylic acids is 2. The van der Waals surface area contributed by atoms with E-state index in [1.807, 2.05) is 19.1 Å². The molecule has 7 heteroatoms. The van der Waals surface area contributed by atoms with E-state index in [2.05, 4.69) is 34.3 Å². The highest BCUT2D eigenvalue weighted by Gasteiger charge is 2.17. The molecule has 1 aliphatic heterocycles. The molecule has 0 aliphatic carbocycles. The molecule has 0 unspecified atom stereocenters. The molecule has 2 heterocycles. The molecular formula is C16H17N3O2S2. The summed E-state index contributed by atoms with van der Waals surface area (Å²) < 4.78 is 0. The molecule has 0 saturated carbocycles. The summed E-state index contributed by atoms with van der Waals surface area (Å²) in [5.41, 5.74) is 3.87. The molecule has 1 aromatic heterocycles. The van der Waals surface area contributed by atoms with Crippen LogP contribution in [0.4, 0.5) is 10.8 Å². The standard InChI is InChI=1S/C16H17N3O2S2/c1-9-15(19-16(23-9)18-14(21)6-7-22)11-2-4-12-10(8-11)3-5-13(20)17-12/h2,4,8,22H,3,5-7H2,1H3,(H,17,20)(H,18,19,21). The smallest absolute Gasteiger partial charge is 0.226 e. The van der Waals surface area contributed by atoms with Crippen LogP contribution >= 0.6 is 24.0 Å². The first-order chi connectivity index (χ1) is 11.1. The fourth-order valence-electron chi connectivity index (χ4n) is 2.53. The Morgan fingerprint density at radius 2 is 2.26 bits per heavy atom. The van der Waals surface area contributed by atoms with Crippen molar-refractivity contribution in [1.29, 1.82) is 0 Å². The van der Waals surface area contributed by atoms with Gasteiger partial charge in [0.05, 0.1) is 5.69 Å². The summed E-state index contributed by atoms with van der Waals surface area (Å²) in [7, 11) is 0. The highest BCUT2D eigenvalue weighted by Crippen LogP contribution is 2.33. The van der Waals surface area contributed by atoms with Gasteiger partial charge in [0.1, 0.15) is 0 Å². The Morgan fingerprint density at radius 1 is 1.43 bits per heavy atom. The molecule has 0 spiro atoms. The zero-order valence-corrected chi connectivity index (χ0v) is 14.4. The Labute approximate surface area is 143 Å². The molecule has 2 aromatic rings. The SMILES string of the molecule is Cc1sc(NC(=O)CCS)nc1-c1ccc2c(c1)CCC(=O)N2. The van der Waals surface area contributed by atoms with Gasteiger partial charge in [-0.1, -0.05) is 6.07 Å². The van der Waals surface area contributed by atoms with E-state index in [-0.39, 0.29) is 11.8 Å². The van der Waals surface area contributed by atoms with Gasteiger partial charge in [0, 0.05) is 29.0 Å². The van der Waals surface area contributed by atoms with Gasteiger partial charge >= 0.3 is 0 Å². The van der Waals surface area contributed by atoms with Gasteiger partial charge in [-0.15, -0.1) is 11.3 Å². The van der Waals surface area contributed by atoms with Crippen molar-refractivity contribution in [2.24, 2.45) is 0 Å². The van der Waals surface area contributed by atoms with Crippen LogP contribution in [-0.2, 0) is 16.0 Å². The van der Waals surface area contributed by atoms with Crippen molar-refractivity contribution in [3.63, 3.8) is 0 Å². The number of benzene rings is 1. The highest BCUT2D eigenvalue weighted by atomic mass is 32.1. The molecule has 3 rings (SSSR count). The molecule has 0 bridgehead atoms. The summed E-state index contributed by atoms with van der Waals surface area (Å²) in [5, 5.41) is 6.29. The van der Waals surface area contributed by atoms with E-state index in [1.54, 1.807) is 0 Å². The third kappa shape index (κ3) is 3.56. The second kappa shape index (κ2) is 6.72. The van der Waals surface area contributed by atoms with Crippen LogP contribution in [0.25, 0.3) is 11.3 Å². The van der Waals surface area contributed by atoms with Crippen molar-refractivity contribution in [2.45, 2.75) is 26.2 Å². The van der Waals surface area contributed by atoms with Crippen LogP contribution in [-0.4, -0.2) is 22.6 Å². The number of carbonyl (C=O) groups is 2. The van der Waals surface area contributed by atoms with Crippen LogP contribution in [0.3, 0.4) is 0 Å². The van der Waals surface area contributed by atoms with E-state index >= 15 is 0 Å². The Kier molecular flexibility index (Phi) is 4.68. The second-order valence-corrected chi connectivity index (χ2v) is 7.02. The lowest BCUT2D eigenvalue weighted by Gasteiger charge is -2.17. The summed E-state index contributed by atoms with van der Waals surface area (Å²) in [4.78, 5) is 28.7. The number of aromatic nitrogens is 1. The van der Waals surface area contributed by atoms with Crippen LogP contribution in [0.15, 0.2) is 18.2 Å². The number of nitrogens with one attached hydrogen (secondary N) is 2. The van der Waals surface area contributed by atoms with E-state index in [9.17, 15) is 9.59 Å². The Morgan fingerprint density at radius 3 is 3.04 bits per heavy atom. The molecule has 0 fully saturated rings. The van der Waals surface area contributed by atoms with Gasteiger partial charge in [0.2, 0.25) is 11.8 Å². The minimum absolute atomic E-state index is 0.0595. The van der Waals surface area contributed by atoms with E-state index in [1.165, 1.54) is 11.3 Å². The summed E-state index contributed by atoms with van der Waals surface area (Å²) >= 11 is 5.52.